The van der Waals surface area contributed by atoms with Crippen LogP contribution in [-0.2, 0) is 16.1 Å². The molecule has 1 saturated heterocycles. The summed E-state index contributed by atoms with van der Waals surface area (Å²) in [5.74, 6) is -0.194. The third kappa shape index (κ3) is 6.58. The molecule has 6 heteroatoms. The molecule has 0 radical (unpaired) electrons. The molecule has 0 saturated carbocycles. The van der Waals surface area contributed by atoms with Gasteiger partial charge in [0.2, 0.25) is 5.91 Å². The van der Waals surface area contributed by atoms with E-state index in [4.69, 9.17) is 16.3 Å². The van der Waals surface area contributed by atoms with Gasteiger partial charge in [-0.3, -0.25) is 9.59 Å². The van der Waals surface area contributed by atoms with Gasteiger partial charge in [0, 0.05) is 36.8 Å². The normalized spacial score (nSPS) is 16.4. The summed E-state index contributed by atoms with van der Waals surface area (Å²) in [4.78, 5) is 26.9. The highest BCUT2D eigenvalue weighted by atomic mass is 35.5. The van der Waals surface area contributed by atoms with Crippen LogP contribution in [0.1, 0.15) is 35.2 Å². The molecule has 0 aromatic heterocycles. The average Bonchev–Trinajstić information content (AvgIpc) is 2.77. The van der Waals surface area contributed by atoms with Crippen molar-refractivity contribution in [1.29, 1.82) is 0 Å². The molecule has 2 aromatic rings. The molecule has 3 rings (SSSR count). The van der Waals surface area contributed by atoms with Gasteiger partial charge < -0.3 is 15.0 Å². The largest absolute Gasteiger partial charge is 0.377 e. The predicted octanol–water partition coefficient (Wildman–Crippen LogP) is 3.92. The van der Waals surface area contributed by atoms with Gasteiger partial charge in [-0.25, -0.2) is 0 Å². The number of hydrogen-bond donors (Lipinski definition) is 1. The summed E-state index contributed by atoms with van der Waals surface area (Å²) in [5.41, 5.74) is 1.75. The van der Waals surface area contributed by atoms with Crippen LogP contribution in [-0.4, -0.2) is 43.0 Å². The van der Waals surface area contributed by atoms with Crippen molar-refractivity contribution in [2.45, 2.75) is 25.9 Å². The van der Waals surface area contributed by atoms with Crippen LogP contribution < -0.4 is 5.32 Å². The highest BCUT2D eigenvalue weighted by molar-refractivity contribution is 6.30. The lowest BCUT2D eigenvalue weighted by molar-refractivity contribution is -0.126. The number of rotatable bonds is 8. The summed E-state index contributed by atoms with van der Waals surface area (Å²) in [7, 11) is 0. The van der Waals surface area contributed by atoms with Gasteiger partial charge in [0.1, 0.15) is 0 Å². The maximum absolute atomic E-state index is 12.7. The molecule has 0 spiro atoms. The van der Waals surface area contributed by atoms with E-state index in [1.54, 1.807) is 29.2 Å². The van der Waals surface area contributed by atoms with Crippen molar-refractivity contribution in [3.8, 4) is 0 Å². The van der Waals surface area contributed by atoms with E-state index in [1.165, 1.54) is 0 Å². The summed E-state index contributed by atoms with van der Waals surface area (Å²) in [6.07, 6.45) is 2.40. The molecule has 2 aromatic carbocycles. The number of hydrogen-bond acceptors (Lipinski definition) is 3. The molecular weight excluding hydrogens is 388 g/mol. The number of amides is 2. The number of nitrogens with one attached hydrogen (secondary N) is 1. The molecular formula is C23H27ClN2O3. The van der Waals surface area contributed by atoms with E-state index in [0.29, 0.717) is 43.4 Å². The number of piperidine rings is 1. The minimum Gasteiger partial charge on any atom is -0.377 e. The molecule has 1 N–H and O–H groups in total. The Balaban J connectivity index is 1.37. The van der Waals surface area contributed by atoms with E-state index in [-0.39, 0.29) is 17.7 Å². The molecule has 2 amide bonds. The van der Waals surface area contributed by atoms with Crippen molar-refractivity contribution >= 4 is 23.4 Å². The summed E-state index contributed by atoms with van der Waals surface area (Å²) in [5, 5.41) is 3.59. The molecule has 0 bridgehead atoms. The van der Waals surface area contributed by atoms with E-state index in [2.05, 4.69) is 5.32 Å². The lowest BCUT2D eigenvalue weighted by Gasteiger charge is -2.32. The maximum Gasteiger partial charge on any atom is 0.253 e. The van der Waals surface area contributed by atoms with E-state index < -0.39 is 0 Å². The molecule has 1 atom stereocenters. The van der Waals surface area contributed by atoms with Gasteiger partial charge in [-0.15, -0.1) is 0 Å². The zero-order valence-corrected chi connectivity index (χ0v) is 17.2. The third-order valence-electron chi connectivity index (χ3n) is 5.05. The first-order valence-corrected chi connectivity index (χ1v) is 10.5. The quantitative estimate of drug-likeness (QED) is 0.666. The van der Waals surface area contributed by atoms with Crippen molar-refractivity contribution in [2.75, 3.05) is 26.2 Å². The van der Waals surface area contributed by atoms with Crippen LogP contribution in [0.5, 0.6) is 0 Å². The highest BCUT2D eigenvalue weighted by Gasteiger charge is 2.28. The van der Waals surface area contributed by atoms with Crippen LogP contribution in [0.15, 0.2) is 54.6 Å². The van der Waals surface area contributed by atoms with Crippen molar-refractivity contribution in [3.63, 3.8) is 0 Å². The van der Waals surface area contributed by atoms with Gasteiger partial charge >= 0.3 is 0 Å². The van der Waals surface area contributed by atoms with Gasteiger partial charge in [-0.2, -0.15) is 0 Å². The van der Waals surface area contributed by atoms with Crippen molar-refractivity contribution in [2.24, 2.45) is 5.92 Å². The standard InChI is InChI=1S/C23H27ClN2O3/c24-21-11-9-19(10-12-21)23(28)26-14-4-8-20(16-26)22(27)25-13-5-15-29-17-18-6-2-1-3-7-18/h1-3,6-7,9-12,20H,4-5,8,13-17H2,(H,25,27). The smallest absolute Gasteiger partial charge is 0.253 e. The third-order valence-corrected chi connectivity index (χ3v) is 5.30. The van der Waals surface area contributed by atoms with Crippen LogP contribution in [0.3, 0.4) is 0 Å². The van der Waals surface area contributed by atoms with Crippen LogP contribution in [0, 0.1) is 5.92 Å². The monoisotopic (exact) mass is 414 g/mol. The first kappa shape index (κ1) is 21.3. The maximum atomic E-state index is 12.7. The van der Waals surface area contributed by atoms with Gasteiger partial charge in [-0.1, -0.05) is 41.9 Å². The van der Waals surface area contributed by atoms with Gasteiger partial charge in [0.25, 0.3) is 5.91 Å². The minimum absolute atomic E-state index is 0.0154. The lowest BCUT2D eigenvalue weighted by atomic mass is 9.96. The number of ether oxygens (including phenoxy) is 1. The first-order valence-electron chi connectivity index (χ1n) is 10.1. The Morgan fingerprint density at radius 3 is 2.62 bits per heavy atom. The van der Waals surface area contributed by atoms with E-state index in [1.807, 2.05) is 30.3 Å². The average molecular weight is 415 g/mol. The Bertz CT molecular complexity index is 796. The molecule has 1 aliphatic heterocycles. The topological polar surface area (TPSA) is 58.6 Å². The molecule has 1 unspecified atom stereocenters. The van der Waals surface area contributed by atoms with Crippen molar-refractivity contribution in [1.82, 2.24) is 10.2 Å². The number of carbonyl (C=O) groups is 2. The number of carbonyl (C=O) groups excluding carboxylic acids is 2. The second kappa shape index (κ2) is 11.0. The molecule has 1 aliphatic rings. The number of halogens is 1. The summed E-state index contributed by atoms with van der Waals surface area (Å²) in [6, 6.07) is 16.9. The Labute approximate surface area is 177 Å². The van der Waals surface area contributed by atoms with Crippen molar-refractivity contribution in [3.05, 3.63) is 70.7 Å². The summed E-state index contributed by atoms with van der Waals surface area (Å²) < 4.78 is 5.64. The van der Waals surface area contributed by atoms with Crippen LogP contribution in [0.4, 0.5) is 0 Å². The Kier molecular flexibility index (Phi) is 8.08. The lowest BCUT2D eigenvalue weighted by Crippen LogP contribution is -2.45. The van der Waals surface area contributed by atoms with Crippen LogP contribution >= 0.6 is 11.6 Å². The minimum atomic E-state index is -0.162. The van der Waals surface area contributed by atoms with Crippen LogP contribution in [0.2, 0.25) is 5.02 Å². The Morgan fingerprint density at radius 2 is 1.86 bits per heavy atom. The van der Waals surface area contributed by atoms with E-state index >= 15 is 0 Å². The second-order valence-corrected chi connectivity index (χ2v) is 7.72. The molecule has 1 fully saturated rings. The molecule has 1 heterocycles. The summed E-state index contributed by atoms with van der Waals surface area (Å²) in [6.45, 7) is 2.89. The Hall–Kier alpha value is -2.37. The number of likely N-dealkylation sites (tertiary alicyclic amines) is 1. The zero-order valence-electron chi connectivity index (χ0n) is 16.5. The molecule has 0 aliphatic carbocycles. The van der Waals surface area contributed by atoms with Crippen molar-refractivity contribution < 1.29 is 14.3 Å². The fraction of sp³-hybridized carbons (Fsp3) is 0.391. The zero-order chi connectivity index (χ0) is 20.5. The SMILES string of the molecule is O=C(NCCCOCc1ccccc1)C1CCCN(C(=O)c2ccc(Cl)cc2)C1. The molecule has 154 valence electrons. The molecule has 5 nitrogen and oxygen atoms in total. The van der Waals surface area contributed by atoms with Gasteiger partial charge in [0.15, 0.2) is 0 Å². The Morgan fingerprint density at radius 1 is 1.10 bits per heavy atom. The van der Waals surface area contributed by atoms with E-state index in [0.717, 1.165) is 24.8 Å². The molecule has 29 heavy (non-hydrogen) atoms. The number of benzene rings is 2. The van der Waals surface area contributed by atoms with E-state index in [9.17, 15) is 9.59 Å². The number of nitrogens with zero attached hydrogens (tertiary/aromatic N) is 1. The van der Waals surface area contributed by atoms with Crippen LogP contribution in [0.25, 0.3) is 0 Å². The van der Waals surface area contributed by atoms with Gasteiger partial charge in [0.05, 0.1) is 12.5 Å². The second-order valence-electron chi connectivity index (χ2n) is 7.28. The van der Waals surface area contributed by atoms with Gasteiger partial charge in [-0.05, 0) is 49.1 Å². The highest BCUT2D eigenvalue weighted by Crippen LogP contribution is 2.20. The fourth-order valence-electron chi connectivity index (χ4n) is 3.45. The summed E-state index contributed by atoms with van der Waals surface area (Å²) >= 11 is 5.89. The fourth-order valence-corrected chi connectivity index (χ4v) is 3.57. The first-order chi connectivity index (χ1) is 14.1. The predicted molar refractivity (Wildman–Crippen MR) is 114 cm³/mol.